The van der Waals surface area contributed by atoms with Crippen molar-refractivity contribution in [2.75, 3.05) is 0 Å². The highest BCUT2D eigenvalue weighted by Gasteiger charge is 2.55. The summed E-state index contributed by atoms with van der Waals surface area (Å²) in [6.07, 6.45) is 2.66. The van der Waals surface area contributed by atoms with Crippen molar-refractivity contribution in [1.82, 2.24) is 15.1 Å². The number of alkyl halides is 3. The molecule has 5 aliphatic rings. The van der Waals surface area contributed by atoms with Gasteiger partial charge in [-0.25, -0.2) is 0 Å². The molecule has 1 heterocycles. The van der Waals surface area contributed by atoms with E-state index in [1.165, 1.54) is 0 Å². The van der Waals surface area contributed by atoms with Crippen molar-refractivity contribution in [2.45, 2.75) is 75.2 Å². The predicted molar refractivity (Wildman–Crippen MR) is 89.9 cm³/mol. The van der Waals surface area contributed by atoms with Gasteiger partial charge in [-0.05, 0) is 69.1 Å². The van der Waals surface area contributed by atoms with Gasteiger partial charge in [0.2, 0.25) is 0 Å². The SMILES string of the molecule is O=C(NC1[C@H]2CC3C[C@H]1CC(O)(C3)C2)c1cnn(C2CCC2)c1C(F)(F)F. The first-order valence-corrected chi connectivity index (χ1v) is 9.91. The third-order valence-corrected chi connectivity index (χ3v) is 7.27. The van der Waals surface area contributed by atoms with Crippen molar-refractivity contribution in [3.63, 3.8) is 0 Å². The molecule has 0 radical (unpaired) electrons. The largest absolute Gasteiger partial charge is 0.433 e. The third kappa shape index (κ3) is 2.79. The smallest absolute Gasteiger partial charge is 0.390 e. The van der Waals surface area contributed by atoms with Crippen molar-refractivity contribution >= 4 is 5.91 Å². The van der Waals surface area contributed by atoms with E-state index in [-0.39, 0.29) is 29.5 Å². The summed E-state index contributed by atoms with van der Waals surface area (Å²) >= 11 is 0. The lowest BCUT2D eigenvalue weighted by molar-refractivity contribution is -0.146. The van der Waals surface area contributed by atoms with Crippen LogP contribution in [0.25, 0.3) is 0 Å². The molecular formula is C19H24F3N3O2. The minimum Gasteiger partial charge on any atom is -0.390 e. The van der Waals surface area contributed by atoms with Crippen LogP contribution in [-0.2, 0) is 6.18 Å². The first-order valence-electron chi connectivity index (χ1n) is 9.91. The summed E-state index contributed by atoms with van der Waals surface area (Å²) in [5, 5.41) is 17.5. The van der Waals surface area contributed by atoms with E-state index in [1.54, 1.807) is 0 Å². The number of aromatic nitrogens is 2. The Morgan fingerprint density at radius 2 is 1.89 bits per heavy atom. The van der Waals surface area contributed by atoms with Gasteiger partial charge in [-0.3, -0.25) is 9.48 Å². The van der Waals surface area contributed by atoms with E-state index in [9.17, 15) is 23.1 Å². The molecule has 2 atom stereocenters. The molecule has 148 valence electrons. The molecule has 5 fully saturated rings. The minimum absolute atomic E-state index is 0.150. The summed E-state index contributed by atoms with van der Waals surface area (Å²) in [4.78, 5) is 12.8. The minimum atomic E-state index is -4.61. The average Bonchev–Trinajstić information content (AvgIpc) is 2.92. The summed E-state index contributed by atoms with van der Waals surface area (Å²) in [6, 6.07) is -0.416. The van der Waals surface area contributed by atoms with E-state index in [0.29, 0.717) is 31.6 Å². The molecule has 5 saturated carbocycles. The normalized spacial score (nSPS) is 38.1. The lowest BCUT2D eigenvalue weighted by atomic mass is 9.52. The molecule has 4 bridgehead atoms. The molecule has 0 unspecified atom stereocenters. The second-order valence-electron chi connectivity index (χ2n) is 9.13. The number of hydrogen-bond acceptors (Lipinski definition) is 3. The standard InChI is InChI=1S/C19H24F3N3O2/c20-19(21,22)16-14(9-23-25(16)13-2-1-3-13)17(26)24-15-11-4-10-5-12(15)8-18(27,6-10)7-11/h9-13,15,27H,1-8H2,(H,24,26)/t10?,11-,12-,15?,18?/m0/s1. The van der Waals surface area contributed by atoms with Crippen LogP contribution in [-0.4, -0.2) is 32.4 Å². The van der Waals surface area contributed by atoms with E-state index in [0.717, 1.165) is 36.6 Å². The molecule has 5 aliphatic carbocycles. The Labute approximate surface area is 155 Å². The molecule has 1 amide bonds. The van der Waals surface area contributed by atoms with E-state index in [4.69, 9.17) is 0 Å². The number of amides is 1. The number of carbonyl (C=O) groups is 1. The van der Waals surface area contributed by atoms with Gasteiger partial charge in [-0.15, -0.1) is 0 Å². The number of halogens is 3. The first-order chi connectivity index (χ1) is 12.7. The van der Waals surface area contributed by atoms with Crippen LogP contribution in [0.2, 0.25) is 0 Å². The Kier molecular flexibility index (Phi) is 3.71. The van der Waals surface area contributed by atoms with Crippen LogP contribution in [0.15, 0.2) is 6.20 Å². The second-order valence-corrected chi connectivity index (χ2v) is 9.13. The molecule has 0 aromatic carbocycles. The quantitative estimate of drug-likeness (QED) is 0.842. The van der Waals surface area contributed by atoms with E-state index < -0.39 is 23.4 Å². The lowest BCUT2D eigenvalue weighted by Gasteiger charge is -2.58. The maximum Gasteiger partial charge on any atom is 0.433 e. The van der Waals surface area contributed by atoms with Crippen molar-refractivity contribution < 1.29 is 23.1 Å². The zero-order valence-corrected chi connectivity index (χ0v) is 15.0. The summed E-state index contributed by atoms with van der Waals surface area (Å²) in [6.45, 7) is 0. The van der Waals surface area contributed by atoms with Crippen LogP contribution < -0.4 is 5.32 Å². The third-order valence-electron chi connectivity index (χ3n) is 7.27. The number of aliphatic hydroxyl groups is 1. The van der Waals surface area contributed by atoms with Crippen LogP contribution in [0.3, 0.4) is 0 Å². The highest BCUT2D eigenvalue weighted by atomic mass is 19.4. The molecule has 8 heteroatoms. The number of rotatable bonds is 3. The molecule has 0 saturated heterocycles. The molecule has 0 aliphatic heterocycles. The Morgan fingerprint density at radius 3 is 2.41 bits per heavy atom. The maximum absolute atomic E-state index is 13.7. The molecule has 6 rings (SSSR count). The van der Waals surface area contributed by atoms with Gasteiger partial charge >= 0.3 is 6.18 Å². The zero-order chi connectivity index (χ0) is 19.0. The van der Waals surface area contributed by atoms with Gasteiger partial charge in [0.05, 0.1) is 23.4 Å². The van der Waals surface area contributed by atoms with Gasteiger partial charge in [0.25, 0.3) is 5.91 Å². The second kappa shape index (κ2) is 5.72. The van der Waals surface area contributed by atoms with Crippen LogP contribution in [0, 0.1) is 17.8 Å². The van der Waals surface area contributed by atoms with Crippen LogP contribution in [0.5, 0.6) is 0 Å². The molecule has 1 aromatic heterocycles. The van der Waals surface area contributed by atoms with Crippen LogP contribution >= 0.6 is 0 Å². The van der Waals surface area contributed by atoms with Crippen molar-refractivity contribution in [3.8, 4) is 0 Å². The number of nitrogens with zero attached hydrogens (tertiary/aromatic N) is 2. The molecule has 27 heavy (non-hydrogen) atoms. The van der Waals surface area contributed by atoms with Gasteiger partial charge in [0.1, 0.15) is 0 Å². The van der Waals surface area contributed by atoms with Gasteiger partial charge in [0, 0.05) is 6.04 Å². The van der Waals surface area contributed by atoms with Gasteiger partial charge in [-0.1, -0.05) is 0 Å². The zero-order valence-electron chi connectivity index (χ0n) is 15.0. The summed E-state index contributed by atoms with van der Waals surface area (Å²) < 4.78 is 42.0. The van der Waals surface area contributed by atoms with Crippen LogP contribution in [0.1, 0.15) is 73.5 Å². The number of carbonyl (C=O) groups excluding carboxylic acids is 1. The fourth-order valence-corrected chi connectivity index (χ4v) is 6.17. The summed E-state index contributed by atoms with van der Waals surface area (Å²) in [7, 11) is 0. The monoisotopic (exact) mass is 383 g/mol. The highest BCUT2D eigenvalue weighted by molar-refractivity contribution is 5.95. The van der Waals surface area contributed by atoms with E-state index >= 15 is 0 Å². The Bertz CT molecular complexity index is 755. The van der Waals surface area contributed by atoms with Gasteiger partial charge in [-0.2, -0.15) is 18.3 Å². The van der Waals surface area contributed by atoms with E-state index in [2.05, 4.69) is 10.4 Å². The predicted octanol–water partition coefficient (Wildman–Crippen LogP) is 3.30. The molecule has 2 N–H and O–H groups in total. The van der Waals surface area contributed by atoms with E-state index in [1.807, 2.05) is 0 Å². The average molecular weight is 383 g/mol. The molecule has 5 nitrogen and oxygen atoms in total. The molecule has 1 aromatic rings. The Balaban J connectivity index is 1.40. The Morgan fingerprint density at radius 1 is 1.22 bits per heavy atom. The van der Waals surface area contributed by atoms with Gasteiger partial charge in [0.15, 0.2) is 5.69 Å². The summed E-state index contributed by atoms with van der Waals surface area (Å²) in [5.41, 5.74) is -1.93. The highest BCUT2D eigenvalue weighted by Crippen LogP contribution is 2.55. The molecule has 0 spiro atoms. The van der Waals surface area contributed by atoms with Crippen molar-refractivity contribution in [3.05, 3.63) is 17.5 Å². The lowest BCUT2D eigenvalue weighted by Crippen LogP contribution is -2.61. The van der Waals surface area contributed by atoms with Crippen LogP contribution in [0.4, 0.5) is 13.2 Å². The first kappa shape index (κ1) is 17.5. The fraction of sp³-hybridized carbons (Fsp3) is 0.789. The Hall–Kier alpha value is -1.57. The molecular weight excluding hydrogens is 359 g/mol. The van der Waals surface area contributed by atoms with Gasteiger partial charge < -0.3 is 10.4 Å². The fourth-order valence-electron chi connectivity index (χ4n) is 6.17. The number of hydrogen-bond donors (Lipinski definition) is 2. The van der Waals surface area contributed by atoms with Crippen molar-refractivity contribution in [1.29, 1.82) is 0 Å². The topological polar surface area (TPSA) is 67.2 Å². The maximum atomic E-state index is 13.7. The van der Waals surface area contributed by atoms with Crippen molar-refractivity contribution in [2.24, 2.45) is 17.8 Å². The summed E-state index contributed by atoms with van der Waals surface area (Å²) in [5.74, 6) is 0.104. The number of nitrogens with one attached hydrogen (secondary N) is 1.